The fourth-order valence-electron chi connectivity index (χ4n) is 1.85. The molecule has 0 saturated heterocycles. The van der Waals surface area contributed by atoms with E-state index in [1.54, 1.807) is 30.8 Å². The Morgan fingerprint density at radius 3 is 2.90 bits per heavy atom. The van der Waals surface area contributed by atoms with Gasteiger partial charge in [0.25, 0.3) is 0 Å². The number of hydrogen-bond donors (Lipinski definition) is 0. The third kappa shape index (κ3) is 3.33. The van der Waals surface area contributed by atoms with Gasteiger partial charge in [-0.15, -0.1) is 0 Å². The standard InChI is InChI=1S/C15H19NO3S/c1-5-18-15(17)11-6-7-12-13(8-11)20-14(10(4)19-12)16-9(2)3/h6-10H,5H2,1-4H3. The predicted molar refractivity (Wildman–Crippen MR) is 80.9 cm³/mol. The van der Waals surface area contributed by atoms with E-state index in [0.717, 1.165) is 15.7 Å². The van der Waals surface area contributed by atoms with E-state index in [4.69, 9.17) is 9.47 Å². The van der Waals surface area contributed by atoms with Crippen molar-refractivity contribution in [1.29, 1.82) is 0 Å². The minimum Gasteiger partial charge on any atom is -0.483 e. The van der Waals surface area contributed by atoms with E-state index in [9.17, 15) is 4.79 Å². The molecule has 0 bridgehead atoms. The van der Waals surface area contributed by atoms with Crippen LogP contribution in [0.3, 0.4) is 0 Å². The normalized spacial score (nSPS) is 19.6. The minimum absolute atomic E-state index is 0.0525. The summed E-state index contributed by atoms with van der Waals surface area (Å²) in [7, 11) is 0. The molecule has 1 heterocycles. The van der Waals surface area contributed by atoms with Crippen LogP contribution in [0.2, 0.25) is 0 Å². The molecular formula is C15H19NO3S. The first-order chi connectivity index (χ1) is 9.51. The lowest BCUT2D eigenvalue weighted by molar-refractivity contribution is 0.0526. The lowest BCUT2D eigenvalue weighted by Gasteiger charge is -2.25. The molecule has 108 valence electrons. The summed E-state index contributed by atoms with van der Waals surface area (Å²) < 4.78 is 10.8. The van der Waals surface area contributed by atoms with Crippen molar-refractivity contribution in [2.24, 2.45) is 4.99 Å². The van der Waals surface area contributed by atoms with Crippen molar-refractivity contribution in [3.8, 4) is 5.75 Å². The first-order valence-electron chi connectivity index (χ1n) is 6.74. The van der Waals surface area contributed by atoms with Gasteiger partial charge in [-0.3, -0.25) is 4.99 Å². The van der Waals surface area contributed by atoms with Gasteiger partial charge >= 0.3 is 5.97 Å². The van der Waals surface area contributed by atoms with Crippen molar-refractivity contribution in [2.45, 2.75) is 44.7 Å². The lowest BCUT2D eigenvalue weighted by atomic mass is 10.2. The van der Waals surface area contributed by atoms with Gasteiger partial charge in [0.05, 0.1) is 17.1 Å². The SMILES string of the molecule is CCOC(=O)c1ccc2c(c1)SC(=NC(C)C)C(C)O2. The Balaban J connectivity index is 2.28. The van der Waals surface area contributed by atoms with Crippen LogP contribution in [0.25, 0.3) is 0 Å². The first kappa shape index (κ1) is 14.9. The van der Waals surface area contributed by atoms with Crippen molar-refractivity contribution in [1.82, 2.24) is 0 Å². The lowest BCUT2D eigenvalue weighted by Crippen LogP contribution is -2.26. The highest BCUT2D eigenvalue weighted by molar-refractivity contribution is 8.14. The number of benzene rings is 1. The highest BCUT2D eigenvalue weighted by Crippen LogP contribution is 2.38. The zero-order chi connectivity index (χ0) is 14.7. The maximum Gasteiger partial charge on any atom is 0.338 e. The molecule has 20 heavy (non-hydrogen) atoms. The number of ether oxygens (including phenoxy) is 2. The molecule has 1 aromatic rings. The Bertz CT molecular complexity index is 540. The maximum absolute atomic E-state index is 11.8. The minimum atomic E-state index is -0.308. The quantitative estimate of drug-likeness (QED) is 0.800. The Morgan fingerprint density at radius 1 is 1.50 bits per heavy atom. The van der Waals surface area contributed by atoms with E-state index >= 15 is 0 Å². The fraction of sp³-hybridized carbons (Fsp3) is 0.467. The highest BCUT2D eigenvalue weighted by atomic mass is 32.2. The summed E-state index contributed by atoms with van der Waals surface area (Å²) in [4.78, 5) is 17.2. The third-order valence-corrected chi connectivity index (χ3v) is 3.89. The average molecular weight is 293 g/mol. The van der Waals surface area contributed by atoms with Gasteiger partial charge in [0.15, 0.2) is 0 Å². The van der Waals surface area contributed by atoms with Gasteiger partial charge in [-0.25, -0.2) is 4.79 Å². The second-order valence-corrected chi connectivity index (χ2v) is 5.87. The number of thioether (sulfide) groups is 1. The van der Waals surface area contributed by atoms with Crippen LogP contribution in [0, 0.1) is 0 Å². The summed E-state index contributed by atoms with van der Waals surface area (Å²) in [5, 5.41) is 0.938. The molecule has 1 atom stereocenters. The summed E-state index contributed by atoms with van der Waals surface area (Å²) in [5.74, 6) is 0.482. The topological polar surface area (TPSA) is 47.9 Å². The van der Waals surface area contributed by atoms with Gasteiger partial charge in [0, 0.05) is 6.04 Å². The van der Waals surface area contributed by atoms with Gasteiger partial charge in [0.1, 0.15) is 16.9 Å². The van der Waals surface area contributed by atoms with E-state index < -0.39 is 0 Å². The molecule has 1 aliphatic rings. The summed E-state index contributed by atoms with van der Waals surface area (Å²) in [6, 6.07) is 5.57. The molecule has 0 amide bonds. The molecule has 4 nitrogen and oxygen atoms in total. The number of rotatable bonds is 3. The molecule has 0 aromatic heterocycles. The number of esters is 1. The maximum atomic E-state index is 11.8. The molecule has 1 aromatic carbocycles. The molecule has 0 spiro atoms. The molecule has 0 fully saturated rings. The number of fused-ring (bicyclic) bond motifs is 1. The number of carbonyl (C=O) groups excluding carboxylic acids is 1. The summed E-state index contributed by atoms with van der Waals surface area (Å²) in [5.41, 5.74) is 0.542. The second kappa shape index (κ2) is 6.31. The predicted octanol–water partition coefficient (Wildman–Crippen LogP) is 3.54. The number of aliphatic imine (C=N–C) groups is 1. The van der Waals surface area contributed by atoms with E-state index in [0.29, 0.717) is 12.2 Å². The van der Waals surface area contributed by atoms with Gasteiger partial charge in [0.2, 0.25) is 0 Å². The van der Waals surface area contributed by atoms with Crippen molar-refractivity contribution in [2.75, 3.05) is 6.61 Å². The monoisotopic (exact) mass is 293 g/mol. The molecular weight excluding hydrogens is 274 g/mol. The number of nitrogens with zero attached hydrogens (tertiary/aromatic N) is 1. The van der Waals surface area contributed by atoms with Crippen molar-refractivity contribution < 1.29 is 14.3 Å². The van der Waals surface area contributed by atoms with E-state index in [1.807, 2.05) is 26.8 Å². The van der Waals surface area contributed by atoms with Crippen LogP contribution in [0.1, 0.15) is 38.1 Å². The largest absolute Gasteiger partial charge is 0.483 e. The Morgan fingerprint density at radius 2 is 2.25 bits per heavy atom. The van der Waals surface area contributed by atoms with E-state index in [-0.39, 0.29) is 18.1 Å². The van der Waals surface area contributed by atoms with Crippen LogP contribution in [-0.4, -0.2) is 29.8 Å². The fourth-order valence-corrected chi connectivity index (χ4v) is 2.95. The van der Waals surface area contributed by atoms with Crippen LogP contribution in [0.15, 0.2) is 28.1 Å². The van der Waals surface area contributed by atoms with Crippen LogP contribution in [-0.2, 0) is 4.74 Å². The van der Waals surface area contributed by atoms with E-state index in [2.05, 4.69) is 4.99 Å². The molecule has 1 unspecified atom stereocenters. The molecule has 2 rings (SSSR count). The Kier molecular flexibility index (Phi) is 4.70. The van der Waals surface area contributed by atoms with Gasteiger partial charge in [-0.2, -0.15) is 0 Å². The molecule has 5 heteroatoms. The molecule has 0 aliphatic carbocycles. The third-order valence-electron chi connectivity index (χ3n) is 2.71. The van der Waals surface area contributed by atoms with Crippen molar-refractivity contribution >= 4 is 22.8 Å². The Labute approximate surface area is 123 Å². The van der Waals surface area contributed by atoms with Crippen molar-refractivity contribution in [3.05, 3.63) is 23.8 Å². The number of carbonyl (C=O) groups is 1. The first-order valence-corrected chi connectivity index (χ1v) is 7.56. The van der Waals surface area contributed by atoms with Gasteiger partial charge in [-0.1, -0.05) is 11.8 Å². The molecule has 1 aliphatic heterocycles. The van der Waals surface area contributed by atoms with Gasteiger partial charge in [-0.05, 0) is 45.9 Å². The molecule has 0 N–H and O–H groups in total. The molecule has 0 radical (unpaired) electrons. The van der Waals surface area contributed by atoms with Gasteiger partial charge < -0.3 is 9.47 Å². The second-order valence-electron chi connectivity index (χ2n) is 4.81. The van der Waals surface area contributed by atoms with Crippen LogP contribution in [0.5, 0.6) is 5.75 Å². The summed E-state index contributed by atoms with van der Waals surface area (Å²) in [6.07, 6.45) is -0.0525. The smallest absolute Gasteiger partial charge is 0.338 e. The number of hydrogen-bond acceptors (Lipinski definition) is 5. The summed E-state index contributed by atoms with van der Waals surface area (Å²) >= 11 is 1.56. The molecule has 0 saturated carbocycles. The highest BCUT2D eigenvalue weighted by Gasteiger charge is 2.24. The zero-order valence-electron chi connectivity index (χ0n) is 12.2. The van der Waals surface area contributed by atoms with Crippen LogP contribution >= 0.6 is 11.8 Å². The van der Waals surface area contributed by atoms with Crippen molar-refractivity contribution in [3.63, 3.8) is 0 Å². The summed E-state index contributed by atoms with van der Waals surface area (Å²) in [6.45, 7) is 8.21. The Hall–Kier alpha value is -1.49. The van der Waals surface area contributed by atoms with Crippen LogP contribution < -0.4 is 4.74 Å². The average Bonchev–Trinajstić information content (AvgIpc) is 2.39. The van der Waals surface area contributed by atoms with Crippen LogP contribution in [0.4, 0.5) is 0 Å². The zero-order valence-corrected chi connectivity index (χ0v) is 13.0. The van der Waals surface area contributed by atoms with E-state index in [1.165, 1.54) is 0 Å².